The van der Waals surface area contributed by atoms with Gasteiger partial charge < -0.3 is 9.47 Å². The molecule has 0 aliphatic rings. The minimum Gasteiger partial charge on any atom is -0.377 e. The Kier molecular flexibility index (Phi) is 15.3. The van der Waals surface area contributed by atoms with Crippen LogP contribution >= 0.6 is 0 Å². The molecule has 132 valence electrons. The lowest BCUT2D eigenvalue weighted by atomic mass is 10.0. The van der Waals surface area contributed by atoms with Gasteiger partial charge in [0.25, 0.3) is 0 Å². The Morgan fingerprint density at radius 3 is 2.18 bits per heavy atom. The van der Waals surface area contributed by atoms with E-state index in [2.05, 4.69) is 40.7 Å². The van der Waals surface area contributed by atoms with Crippen molar-refractivity contribution in [3.63, 3.8) is 0 Å². The molecule has 0 aromatic carbocycles. The van der Waals surface area contributed by atoms with E-state index in [4.69, 9.17) is 9.47 Å². The molecule has 0 N–H and O–H groups in total. The zero-order valence-electron chi connectivity index (χ0n) is 15.8. The Labute approximate surface area is 139 Å². The van der Waals surface area contributed by atoms with Crippen LogP contribution in [-0.4, -0.2) is 26.4 Å². The molecule has 0 rings (SSSR count). The van der Waals surface area contributed by atoms with Gasteiger partial charge in [-0.15, -0.1) is 0 Å². The summed E-state index contributed by atoms with van der Waals surface area (Å²) in [6.07, 6.45) is 11.0. The van der Waals surface area contributed by atoms with Crippen LogP contribution in [0.5, 0.6) is 0 Å². The summed E-state index contributed by atoms with van der Waals surface area (Å²) in [5.74, 6) is 1.67. The van der Waals surface area contributed by atoms with E-state index < -0.39 is 0 Å². The number of unbranched alkanes of at least 4 members (excludes halogenated alkanes) is 2. The molecule has 2 nitrogen and oxygen atoms in total. The van der Waals surface area contributed by atoms with Crippen LogP contribution in [0.1, 0.15) is 79.6 Å². The first-order valence-corrected chi connectivity index (χ1v) is 9.37. The summed E-state index contributed by atoms with van der Waals surface area (Å²) >= 11 is 0. The van der Waals surface area contributed by atoms with Crippen LogP contribution in [0.15, 0.2) is 11.6 Å². The van der Waals surface area contributed by atoms with E-state index >= 15 is 0 Å². The summed E-state index contributed by atoms with van der Waals surface area (Å²) in [6.45, 7) is 14.5. The molecule has 22 heavy (non-hydrogen) atoms. The molecular formula is C20H40O2. The Morgan fingerprint density at radius 2 is 1.55 bits per heavy atom. The van der Waals surface area contributed by atoms with Crippen molar-refractivity contribution in [1.82, 2.24) is 0 Å². The minimum atomic E-state index is 0.728. The summed E-state index contributed by atoms with van der Waals surface area (Å²) in [6, 6.07) is 0. The van der Waals surface area contributed by atoms with E-state index in [1.165, 1.54) is 50.5 Å². The lowest BCUT2D eigenvalue weighted by Crippen LogP contribution is -2.01. The molecule has 0 aromatic rings. The first-order valence-electron chi connectivity index (χ1n) is 9.37. The van der Waals surface area contributed by atoms with Crippen molar-refractivity contribution in [2.75, 3.05) is 26.4 Å². The van der Waals surface area contributed by atoms with Crippen molar-refractivity contribution in [3.8, 4) is 0 Å². The summed E-state index contributed by atoms with van der Waals surface area (Å²) < 4.78 is 11.3. The molecule has 0 amide bonds. The lowest BCUT2D eigenvalue weighted by Gasteiger charge is -2.08. The van der Waals surface area contributed by atoms with E-state index in [0.717, 1.165) is 38.3 Å². The standard InChI is InChI=1S/C20H40O2/c1-6-19(4)12-8-10-14-21-16-13-20(5)17-22-15-9-7-11-18(2)3/h13,18-19H,6-12,14-17H2,1-5H3/b20-13-. The average Bonchev–Trinajstić information content (AvgIpc) is 2.49. The van der Waals surface area contributed by atoms with Gasteiger partial charge in [-0.2, -0.15) is 0 Å². The second kappa shape index (κ2) is 15.6. The molecule has 0 saturated heterocycles. The van der Waals surface area contributed by atoms with Crippen LogP contribution in [-0.2, 0) is 9.47 Å². The van der Waals surface area contributed by atoms with E-state index in [1.807, 2.05) is 0 Å². The van der Waals surface area contributed by atoms with Crippen LogP contribution < -0.4 is 0 Å². The molecule has 0 aromatic heterocycles. The van der Waals surface area contributed by atoms with Gasteiger partial charge >= 0.3 is 0 Å². The highest BCUT2D eigenvalue weighted by Crippen LogP contribution is 2.11. The Bertz CT molecular complexity index is 258. The summed E-state index contributed by atoms with van der Waals surface area (Å²) in [5.41, 5.74) is 1.28. The van der Waals surface area contributed by atoms with Crippen LogP contribution in [0.25, 0.3) is 0 Å². The van der Waals surface area contributed by atoms with Crippen LogP contribution in [0.3, 0.4) is 0 Å². The highest BCUT2D eigenvalue weighted by Gasteiger charge is 1.98. The van der Waals surface area contributed by atoms with E-state index in [0.29, 0.717) is 0 Å². The van der Waals surface area contributed by atoms with Gasteiger partial charge in [-0.25, -0.2) is 0 Å². The zero-order chi connectivity index (χ0) is 16.6. The Balaban J connectivity index is 3.34. The molecular weight excluding hydrogens is 272 g/mol. The van der Waals surface area contributed by atoms with Crippen molar-refractivity contribution in [2.24, 2.45) is 11.8 Å². The predicted octanol–water partition coefficient (Wildman–Crippen LogP) is 6.01. The van der Waals surface area contributed by atoms with Gasteiger partial charge in [0.1, 0.15) is 0 Å². The van der Waals surface area contributed by atoms with Gasteiger partial charge in [0, 0.05) is 13.2 Å². The third kappa shape index (κ3) is 16.0. The van der Waals surface area contributed by atoms with E-state index in [9.17, 15) is 0 Å². The largest absolute Gasteiger partial charge is 0.377 e. The highest BCUT2D eigenvalue weighted by atomic mass is 16.5. The molecule has 0 saturated carbocycles. The first-order chi connectivity index (χ1) is 10.6. The highest BCUT2D eigenvalue weighted by molar-refractivity contribution is 4.98. The molecule has 0 spiro atoms. The molecule has 1 unspecified atom stereocenters. The maximum absolute atomic E-state index is 5.69. The molecule has 0 bridgehead atoms. The second-order valence-corrected chi connectivity index (χ2v) is 7.08. The number of rotatable bonds is 15. The van der Waals surface area contributed by atoms with Gasteiger partial charge in [0.05, 0.1) is 13.2 Å². The van der Waals surface area contributed by atoms with Gasteiger partial charge in [-0.3, -0.25) is 0 Å². The molecule has 0 fully saturated rings. The number of hydrogen-bond acceptors (Lipinski definition) is 2. The van der Waals surface area contributed by atoms with Crippen molar-refractivity contribution in [3.05, 3.63) is 11.6 Å². The number of hydrogen-bond donors (Lipinski definition) is 0. The van der Waals surface area contributed by atoms with Gasteiger partial charge in [-0.05, 0) is 37.2 Å². The fourth-order valence-corrected chi connectivity index (χ4v) is 2.23. The molecule has 2 heteroatoms. The Hall–Kier alpha value is -0.340. The summed E-state index contributed by atoms with van der Waals surface area (Å²) in [5, 5.41) is 0. The SMILES string of the molecule is CCC(C)CCCCOC/C=C(/C)COCCCCC(C)C. The molecule has 0 aliphatic carbocycles. The molecule has 0 aliphatic heterocycles. The maximum Gasteiger partial charge on any atom is 0.0674 e. The van der Waals surface area contributed by atoms with Crippen molar-refractivity contribution < 1.29 is 9.47 Å². The van der Waals surface area contributed by atoms with Crippen LogP contribution in [0.2, 0.25) is 0 Å². The average molecular weight is 313 g/mol. The monoisotopic (exact) mass is 312 g/mol. The molecule has 1 atom stereocenters. The molecule has 0 radical (unpaired) electrons. The quantitative estimate of drug-likeness (QED) is 0.272. The number of ether oxygens (including phenoxy) is 2. The third-order valence-corrected chi connectivity index (χ3v) is 4.13. The van der Waals surface area contributed by atoms with Gasteiger partial charge in [0.15, 0.2) is 0 Å². The predicted molar refractivity (Wildman–Crippen MR) is 97.4 cm³/mol. The van der Waals surface area contributed by atoms with E-state index in [-0.39, 0.29) is 0 Å². The zero-order valence-corrected chi connectivity index (χ0v) is 15.8. The van der Waals surface area contributed by atoms with Crippen molar-refractivity contribution in [2.45, 2.75) is 79.6 Å². The third-order valence-electron chi connectivity index (χ3n) is 4.13. The first kappa shape index (κ1) is 21.7. The van der Waals surface area contributed by atoms with Crippen molar-refractivity contribution >= 4 is 0 Å². The minimum absolute atomic E-state index is 0.728. The van der Waals surface area contributed by atoms with Crippen molar-refractivity contribution in [1.29, 1.82) is 0 Å². The Morgan fingerprint density at radius 1 is 0.909 bits per heavy atom. The summed E-state index contributed by atoms with van der Waals surface area (Å²) in [4.78, 5) is 0. The van der Waals surface area contributed by atoms with E-state index in [1.54, 1.807) is 0 Å². The topological polar surface area (TPSA) is 18.5 Å². The fourth-order valence-electron chi connectivity index (χ4n) is 2.23. The van der Waals surface area contributed by atoms with Gasteiger partial charge in [0.2, 0.25) is 0 Å². The molecule has 0 heterocycles. The van der Waals surface area contributed by atoms with Crippen LogP contribution in [0.4, 0.5) is 0 Å². The van der Waals surface area contributed by atoms with Crippen LogP contribution in [0, 0.1) is 11.8 Å². The fraction of sp³-hybridized carbons (Fsp3) is 0.900. The summed E-state index contributed by atoms with van der Waals surface area (Å²) in [7, 11) is 0. The van der Waals surface area contributed by atoms with Gasteiger partial charge in [-0.1, -0.05) is 65.9 Å². The lowest BCUT2D eigenvalue weighted by molar-refractivity contribution is 0.143. The smallest absolute Gasteiger partial charge is 0.0674 e. The second-order valence-electron chi connectivity index (χ2n) is 7.08. The maximum atomic E-state index is 5.69. The normalized spacial score (nSPS) is 13.8.